The van der Waals surface area contributed by atoms with E-state index in [1.807, 2.05) is 24.3 Å². The van der Waals surface area contributed by atoms with E-state index < -0.39 is 0 Å². The molecule has 0 atom stereocenters. The van der Waals surface area contributed by atoms with E-state index in [1.54, 1.807) is 4.90 Å². The first kappa shape index (κ1) is 13.6. The van der Waals surface area contributed by atoms with Gasteiger partial charge in [0.25, 0.3) is 5.91 Å². The van der Waals surface area contributed by atoms with Crippen LogP contribution < -0.4 is 4.74 Å². The van der Waals surface area contributed by atoms with Crippen molar-refractivity contribution in [2.75, 3.05) is 19.7 Å². The number of hydrogen-bond acceptors (Lipinski definition) is 3. The zero-order valence-corrected chi connectivity index (χ0v) is 11.2. The Morgan fingerprint density at radius 3 is 2.74 bits per heavy atom. The van der Waals surface area contributed by atoms with Gasteiger partial charge in [-0.05, 0) is 24.1 Å². The molecular formula is C15H19NO3. The summed E-state index contributed by atoms with van der Waals surface area (Å²) in [5, 5.41) is 0. The zero-order chi connectivity index (χ0) is 13.7. The molecular weight excluding hydrogens is 242 g/mol. The number of rotatable bonds is 4. The number of ketones is 1. The van der Waals surface area contributed by atoms with Gasteiger partial charge in [0.2, 0.25) is 0 Å². The second-order valence-electron chi connectivity index (χ2n) is 4.71. The highest BCUT2D eigenvalue weighted by Gasteiger charge is 2.20. The average Bonchev–Trinajstić information content (AvgIpc) is 2.46. The number of benzene rings is 1. The van der Waals surface area contributed by atoms with Gasteiger partial charge in [0.1, 0.15) is 11.5 Å². The number of ether oxygens (including phenoxy) is 1. The Kier molecular flexibility index (Phi) is 4.55. The summed E-state index contributed by atoms with van der Waals surface area (Å²) in [6, 6.07) is 7.77. The first-order valence-corrected chi connectivity index (χ1v) is 6.70. The fourth-order valence-corrected chi connectivity index (χ4v) is 2.10. The fraction of sp³-hybridized carbons (Fsp3) is 0.467. The van der Waals surface area contributed by atoms with E-state index in [2.05, 4.69) is 6.92 Å². The van der Waals surface area contributed by atoms with Gasteiger partial charge in [-0.3, -0.25) is 9.59 Å². The van der Waals surface area contributed by atoms with Crippen molar-refractivity contribution in [1.82, 2.24) is 4.90 Å². The molecule has 0 aromatic heterocycles. The minimum atomic E-state index is -0.0469. The molecule has 19 heavy (non-hydrogen) atoms. The van der Waals surface area contributed by atoms with Gasteiger partial charge in [0.05, 0.1) is 0 Å². The molecule has 0 spiro atoms. The Morgan fingerprint density at radius 2 is 2.05 bits per heavy atom. The van der Waals surface area contributed by atoms with Crippen LogP contribution in [0.15, 0.2) is 24.3 Å². The summed E-state index contributed by atoms with van der Waals surface area (Å²) in [4.78, 5) is 24.7. The number of Topliss-reactive ketones (excluding diaryl/α,β-unsaturated/α-hetero) is 1. The molecule has 1 fully saturated rings. The summed E-state index contributed by atoms with van der Waals surface area (Å²) < 4.78 is 5.51. The molecule has 1 heterocycles. The third-order valence-electron chi connectivity index (χ3n) is 3.34. The van der Waals surface area contributed by atoms with Crippen LogP contribution in [0, 0.1) is 0 Å². The SMILES string of the molecule is CCc1cccc(OCC(=O)N2CCC(=O)CC2)c1. The van der Waals surface area contributed by atoms with E-state index in [9.17, 15) is 9.59 Å². The lowest BCUT2D eigenvalue weighted by Gasteiger charge is -2.25. The van der Waals surface area contributed by atoms with E-state index in [0.717, 1.165) is 12.2 Å². The Morgan fingerprint density at radius 1 is 1.32 bits per heavy atom. The molecule has 1 aliphatic rings. The fourth-order valence-electron chi connectivity index (χ4n) is 2.10. The molecule has 0 unspecified atom stereocenters. The maximum Gasteiger partial charge on any atom is 0.260 e. The number of hydrogen-bond donors (Lipinski definition) is 0. The predicted octanol–water partition coefficient (Wildman–Crippen LogP) is 1.82. The topological polar surface area (TPSA) is 46.6 Å². The number of amides is 1. The van der Waals surface area contributed by atoms with Gasteiger partial charge in [-0.2, -0.15) is 0 Å². The third-order valence-corrected chi connectivity index (χ3v) is 3.34. The molecule has 0 N–H and O–H groups in total. The van der Waals surface area contributed by atoms with E-state index >= 15 is 0 Å². The highest BCUT2D eigenvalue weighted by molar-refractivity contribution is 5.83. The smallest absolute Gasteiger partial charge is 0.260 e. The minimum absolute atomic E-state index is 0.0430. The Balaban J connectivity index is 1.84. The summed E-state index contributed by atoms with van der Waals surface area (Å²) in [7, 11) is 0. The van der Waals surface area contributed by atoms with Gasteiger partial charge < -0.3 is 9.64 Å². The van der Waals surface area contributed by atoms with Crippen LogP contribution in [-0.2, 0) is 16.0 Å². The Bertz CT molecular complexity index is 460. The van der Waals surface area contributed by atoms with Gasteiger partial charge in [0, 0.05) is 25.9 Å². The molecule has 1 aromatic rings. The summed E-state index contributed by atoms with van der Waals surface area (Å²) in [5.41, 5.74) is 1.19. The number of aryl methyl sites for hydroxylation is 1. The normalized spacial score (nSPS) is 15.4. The average molecular weight is 261 g/mol. The van der Waals surface area contributed by atoms with Crippen LogP contribution in [0.3, 0.4) is 0 Å². The van der Waals surface area contributed by atoms with Crippen LogP contribution in [0.2, 0.25) is 0 Å². The highest BCUT2D eigenvalue weighted by Crippen LogP contribution is 2.14. The largest absolute Gasteiger partial charge is 0.484 e. The molecule has 4 nitrogen and oxygen atoms in total. The van der Waals surface area contributed by atoms with Crippen molar-refractivity contribution in [3.8, 4) is 5.75 Å². The van der Waals surface area contributed by atoms with Crippen molar-refractivity contribution >= 4 is 11.7 Å². The summed E-state index contributed by atoms with van der Waals surface area (Å²) in [6.07, 6.45) is 1.88. The van der Waals surface area contributed by atoms with Crippen LogP contribution in [0.5, 0.6) is 5.75 Å². The Hall–Kier alpha value is -1.84. The minimum Gasteiger partial charge on any atom is -0.484 e. The summed E-state index contributed by atoms with van der Waals surface area (Å²) in [5.74, 6) is 0.913. The monoisotopic (exact) mass is 261 g/mol. The highest BCUT2D eigenvalue weighted by atomic mass is 16.5. The van der Waals surface area contributed by atoms with Gasteiger partial charge in [-0.15, -0.1) is 0 Å². The number of nitrogens with zero attached hydrogens (tertiary/aromatic N) is 1. The van der Waals surface area contributed by atoms with Crippen molar-refractivity contribution in [3.63, 3.8) is 0 Å². The van der Waals surface area contributed by atoms with Crippen molar-refractivity contribution < 1.29 is 14.3 Å². The predicted molar refractivity (Wildman–Crippen MR) is 72.1 cm³/mol. The number of carbonyl (C=O) groups excluding carboxylic acids is 2. The van der Waals surface area contributed by atoms with Crippen LogP contribution in [-0.4, -0.2) is 36.3 Å². The van der Waals surface area contributed by atoms with Crippen LogP contribution >= 0.6 is 0 Å². The lowest BCUT2D eigenvalue weighted by Crippen LogP contribution is -2.41. The van der Waals surface area contributed by atoms with Crippen molar-refractivity contribution in [3.05, 3.63) is 29.8 Å². The molecule has 4 heteroatoms. The molecule has 1 aliphatic heterocycles. The molecule has 0 radical (unpaired) electrons. The first-order chi connectivity index (χ1) is 9.19. The third kappa shape index (κ3) is 3.81. The number of likely N-dealkylation sites (tertiary alicyclic amines) is 1. The molecule has 1 saturated heterocycles. The summed E-state index contributed by atoms with van der Waals surface area (Å²) in [6.45, 7) is 3.17. The van der Waals surface area contributed by atoms with Gasteiger partial charge in [-0.1, -0.05) is 19.1 Å². The molecule has 1 amide bonds. The Labute approximate surface area is 113 Å². The summed E-state index contributed by atoms with van der Waals surface area (Å²) >= 11 is 0. The number of piperidine rings is 1. The zero-order valence-electron chi connectivity index (χ0n) is 11.2. The van der Waals surface area contributed by atoms with E-state index in [1.165, 1.54) is 5.56 Å². The maximum absolute atomic E-state index is 11.9. The maximum atomic E-state index is 11.9. The van der Waals surface area contributed by atoms with E-state index in [0.29, 0.717) is 25.9 Å². The van der Waals surface area contributed by atoms with E-state index in [4.69, 9.17) is 4.74 Å². The molecule has 0 saturated carbocycles. The lowest BCUT2D eigenvalue weighted by molar-refractivity contribution is -0.136. The van der Waals surface area contributed by atoms with Gasteiger partial charge in [-0.25, -0.2) is 0 Å². The lowest BCUT2D eigenvalue weighted by atomic mass is 10.1. The van der Waals surface area contributed by atoms with Crippen molar-refractivity contribution in [1.29, 1.82) is 0 Å². The molecule has 0 aliphatic carbocycles. The van der Waals surface area contributed by atoms with Crippen LogP contribution in [0.1, 0.15) is 25.3 Å². The van der Waals surface area contributed by atoms with Crippen LogP contribution in [0.4, 0.5) is 0 Å². The van der Waals surface area contributed by atoms with Crippen LogP contribution in [0.25, 0.3) is 0 Å². The standard InChI is InChI=1S/C15H19NO3/c1-2-12-4-3-5-14(10-12)19-11-15(18)16-8-6-13(17)7-9-16/h3-5,10H,2,6-9,11H2,1H3. The molecule has 0 bridgehead atoms. The second-order valence-corrected chi connectivity index (χ2v) is 4.71. The van der Waals surface area contributed by atoms with Crippen molar-refractivity contribution in [2.24, 2.45) is 0 Å². The quantitative estimate of drug-likeness (QED) is 0.830. The molecule has 2 rings (SSSR count). The van der Waals surface area contributed by atoms with Gasteiger partial charge >= 0.3 is 0 Å². The molecule has 102 valence electrons. The molecule has 1 aromatic carbocycles. The van der Waals surface area contributed by atoms with Crippen molar-refractivity contribution in [2.45, 2.75) is 26.2 Å². The second kappa shape index (κ2) is 6.36. The van der Waals surface area contributed by atoms with E-state index in [-0.39, 0.29) is 18.3 Å². The first-order valence-electron chi connectivity index (χ1n) is 6.70. The number of carbonyl (C=O) groups is 2. The van der Waals surface area contributed by atoms with Gasteiger partial charge in [0.15, 0.2) is 6.61 Å².